The number of nitrogens with zero attached hydrogens (tertiary/aromatic N) is 1. The molecule has 0 bridgehead atoms. The van der Waals surface area contributed by atoms with Gasteiger partial charge in [-0.25, -0.2) is 5.10 Å². The second-order valence-corrected chi connectivity index (χ2v) is 6.42. The number of aromatic amines is 1. The van der Waals surface area contributed by atoms with E-state index in [1.54, 1.807) is 6.92 Å². The predicted molar refractivity (Wildman–Crippen MR) is 90.2 cm³/mol. The molecule has 0 spiro atoms. The Morgan fingerprint density at radius 1 is 1.26 bits per heavy atom. The number of benzene rings is 1. The minimum Gasteiger partial charge on any atom is -0.406 e. The zero-order valence-electron chi connectivity index (χ0n) is 14.7. The standard InChI is InChI=1S/C17H18F3N3O4/c1-9(16(2,3)26)21-14(24)12-8-13(22-23-15(12)25)10-4-6-11(7-5-10)27-17(18,19)20/h4-9,26H,1-3H3,(H,21,24)(H,23,25). The first kappa shape index (κ1) is 20.4. The van der Waals surface area contributed by atoms with Gasteiger partial charge in [-0.05, 0) is 51.1 Å². The quantitative estimate of drug-likeness (QED) is 0.732. The number of hydrogen-bond donors (Lipinski definition) is 3. The van der Waals surface area contributed by atoms with Crippen molar-refractivity contribution in [3.8, 4) is 17.0 Å². The molecule has 0 aliphatic heterocycles. The summed E-state index contributed by atoms with van der Waals surface area (Å²) >= 11 is 0. The molecule has 7 nitrogen and oxygen atoms in total. The first-order valence-corrected chi connectivity index (χ1v) is 7.86. The molecule has 1 heterocycles. The van der Waals surface area contributed by atoms with Gasteiger partial charge < -0.3 is 15.2 Å². The number of aliphatic hydroxyl groups is 1. The average Bonchev–Trinajstić information content (AvgIpc) is 2.53. The van der Waals surface area contributed by atoms with Crippen molar-refractivity contribution in [3.63, 3.8) is 0 Å². The third-order valence-electron chi connectivity index (χ3n) is 3.84. The zero-order valence-corrected chi connectivity index (χ0v) is 14.7. The monoisotopic (exact) mass is 385 g/mol. The van der Waals surface area contributed by atoms with Crippen molar-refractivity contribution in [2.24, 2.45) is 0 Å². The largest absolute Gasteiger partial charge is 0.573 e. The fourth-order valence-electron chi connectivity index (χ4n) is 2.00. The second kappa shape index (κ2) is 7.39. The highest BCUT2D eigenvalue weighted by Crippen LogP contribution is 2.25. The van der Waals surface area contributed by atoms with E-state index in [4.69, 9.17) is 0 Å². The highest BCUT2D eigenvalue weighted by Gasteiger charge is 2.31. The first-order valence-electron chi connectivity index (χ1n) is 7.86. The Balaban J connectivity index is 2.27. The van der Waals surface area contributed by atoms with Crippen LogP contribution in [-0.4, -0.2) is 39.2 Å². The van der Waals surface area contributed by atoms with Crippen molar-refractivity contribution >= 4 is 5.91 Å². The van der Waals surface area contributed by atoms with Crippen molar-refractivity contribution in [3.05, 3.63) is 46.2 Å². The van der Waals surface area contributed by atoms with Gasteiger partial charge in [-0.1, -0.05) is 0 Å². The molecule has 0 aliphatic rings. The molecule has 27 heavy (non-hydrogen) atoms. The zero-order chi connectivity index (χ0) is 20.4. The van der Waals surface area contributed by atoms with Crippen molar-refractivity contribution < 1.29 is 27.8 Å². The Kier molecular flexibility index (Phi) is 5.59. The molecule has 0 aliphatic carbocycles. The summed E-state index contributed by atoms with van der Waals surface area (Å²) in [5.74, 6) is -1.13. The minimum atomic E-state index is -4.81. The molecule has 1 unspecified atom stereocenters. The minimum absolute atomic E-state index is 0.175. The lowest BCUT2D eigenvalue weighted by Crippen LogP contribution is -2.48. The molecule has 0 saturated carbocycles. The van der Waals surface area contributed by atoms with E-state index in [1.165, 1.54) is 32.0 Å². The van der Waals surface area contributed by atoms with Gasteiger partial charge in [0, 0.05) is 5.56 Å². The molecule has 10 heteroatoms. The summed E-state index contributed by atoms with van der Waals surface area (Å²) < 4.78 is 40.4. The van der Waals surface area contributed by atoms with E-state index in [-0.39, 0.29) is 11.3 Å². The molecule has 2 aromatic rings. The van der Waals surface area contributed by atoms with Crippen molar-refractivity contribution in [2.45, 2.75) is 38.8 Å². The number of carbonyl (C=O) groups excluding carboxylic acids is 1. The summed E-state index contributed by atoms with van der Waals surface area (Å²) in [7, 11) is 0. The molecular weight excluding hydrogens is 367 g/mol. The number of carbonyl (C=O) groups is 1. The number of nitrogens with one attached hydrogen (secondary N) is 2. The SMILES string of the molecule is CC(NC(=O)c1cc(-c2ccc(OC(F)(F)F)cc2)n[nH]c1=O)C(C)(C)O. The number of ether oxygens (including phenoxy) is 1. The fourth-order valence-corrected chi connectivity index (χ4v) is 2.00. The Bertz CT molecular complexity index is 871. The molecule has 1 amide bonds. The summed E-state index contributed by atoms with van der Waals surface area (Å²) in [6, 6.07) is 5.37. The van der Waals surface area contributed by atoms with Crippen LogP contribution in [-0.2, 0) is 0 Å². The van der Waals surface area contributed by atoms with Gasteiger partial charge in [0.25, 0.3) is 11.5 Å². The Labute approximate surface area is 152 Å². The lowest BCUT2D eigenvalue weighted by atomic mass is 10.0. The Hall–Kier alpha value is -2.88. The van der Waals surface area contributed by atoms with Crippen LogP contribution in [0.1, 0.15) is 31.1 Å². The number of amides is 1. The normalized spacial score (nSPS) is 13.1. The third-order valence-corrected chi connectivity index (χ3v) is 3.84. The van der Waals surface area contributed by atoms with E-state index in [0.29, 0.717) is 5.56 Å². The van der Waals surface area contributed by atoms with E-state index in [9.17, 15) is 27.9 Å². The second-order valence-electron chi connectivity index (χ2n) is 6.42. The van der Waals surface area contributed by atoms with Crippen LogP contribution < -0.4 is 15.6 Å². The van der Waals surface area contributed by atoms with Crippen LogP contribution in [0.3, 0.4) is 0 Å². The van der Waals surface area contributed by atoms with Gasteiger partial charge in [0.05, 0.1) is 17.3 Å². The van der Waals surface area contributed by atoms with E-state index in [0.717, 1.165) is 12.1 Å². The summed E-state index contributed by atoms with van der Waals surface area (Å²) in [5, 5.41) is 18.4. The van der Waals surface area contributed by atoms with Gasteiger partial charge in [-0.15, -0.1) is 13.2 Å². The van der Waals surface area contributed by atoms with Crippen molar-refractivity contribution in [2.75, 3.05) is 0 Å². The molecule has 2 rings (SSSR count). The number of halogens is 3. The molecule has 1 atom stereocenters. The third kappa shape index (κ3) is 5.55. The van der Waals surface area contributed by atoms with Crippen LogP contribution in [0.15, 0.2) is 35.1 Å². The molecule has 3 N–H and O–H groups in total. The van der Waals surface area contributed by atoms with Crippen molar-refractivity contribution in [1.82, 2.24) is 15.5 Å². The van der Waals surface area contributed by atoms with Crippen LogP contribution in [0, 0.1) is 0 Å². The number of rotatable bonds is 5. The number of H-pyrrole nitrogens is 1. The maximum Gasteiger partial charge on any atom is 0.573 e. The maximum absolute atomic E-state index is 12.3. The van der Waals surface area contributed by atoms with Crippen LogP contribution >= 0.6 is 0 Å². The van der Waals surface area contributed by atoms with Gasteiger partial charge in [0.2, 0.25) is 0 Å². The maximum atomic E-state index is 12.3. The van der Waals surface area contributed by atoms with Gasteiger partial charge in [0.15, 0.2) is 0 Å². The summed E-state index contributed by atoms with van der Waals surface area (Å²) in [4.78, 5) is 24.2. The molecule has 0 saturated heterocycles. The number of alkyl halides is 3. The van der Waals surface area contributed by atoms with E-state index in [2.05, 4.69) is 20.3 Å². The van der Waals surface area contributed by atoms with Crippen LogP contribution in [0.2, 0.25) is 0 Å². The molecule has 1 aromatic heterocycles. The van der Waals surface area contributed by atoms with Crippen LogP contribution in [0.25, 0.3) is 11.3 Å². The predicted octanol–water partition coefficient (Wildman–Crippen LogP) is 2.22. The van der Waals surface area contributed by atoms with E-state index >= 15 is 0 Å². The lowest BCUT2D eigenvalue weighted by Gasteiger charge is -2.26. The lowest BCUT2D eigenvalue weighted by molar-refractivity contribution is -0.274. The average molecular weight is 385 g/mol. The van der Waals surface area contributed by atoms with E-state index < -0.39 is 35.2 Å². The molecule has 0 radical (unpaired) electrons. The van der Waals surface area contributed by atoms with Gasteiger partial charge in [-0.3, -0.25) is 9.59 Å². The highest BCUT2D eigenvalue weighted by molar-refractivity contribution is 5.94. The smallest absolute Gasteiger partial charge is 0.406 e. The molecule has 0 fully saturated rings. The number of hydrogen-bond acceptors (Lipinski definition) is 5. The van der Waals surface area contributed by atoms with Crippen molar-refractivity contribution in [1.29, 1.82) is 0 Å². The Morgan fingerprint density at radius 2 is 1.85 bits per heavy atom. The Morgan fingerprint density at radius 3 is 2.37 bits per heavy atom. The first-order chi connectivity index (χ1) is 12.4. The summed E-state index contributed by atoms with van der Waals surface area (Å²) in [6.45, 7) is 4.59. The number of aromatic nitrogens is 2. The molecule has 1 aromatic carbocycles. The van der Waals surface area contributed by atoms with Crippen LogP contribution in [0.5, 0.6) is 5.75 Å². The van der Waals surface area contributed by atoms with E-state index in [1.807, 2.05) is 0 Å². The van der Waals surface area contributed by atoms with Crippen LogP contribution in [0.4, 0.5) is 13.2 Å². The molecular formula is C17H18F3N3O4. The highest BCUT2D eigenvalue weighted by atomic mass is 19.4. The summed E-state index contributed by atoms with van der Waals surface area (Å²) in [6.07, 6.45) is -4.81. The fraction of sp³-hybridized carbons (Fsp3) is 0.353. The van der Waals surface area contributed by atoms with Gasteiger partial charge in [-0.2, -0.15) is 5.10 Å². The van der Waals surface area contributed by atoms with Gasteiger partial charge >= 0.3 is 6.36 Å². The summed E-state index contributed by atoms with van der Waals surface area (Å²) in [5.41, 5.74) is -1.64. The topological polar surface area (TPSA) is 104 Å². The van der Waals surface area contributed by atoms with Gasteiger partial charge in [0.1, 0.15) is 11.3 Å². The molecule has 146 valence electrons.